The van der Waals surface area contributed by atoms with Crippen LogP contribution in [0.5, 0.6) is 0 Å². The van der Waals surface area contributed by atoms with E-state index in [1.165, 1.54) is 36.6 Å². The number of likely N-dealkylation sites (N-methyl/N-ethyl adjacent to an activating group) is 1. The lowest BCUT2D eigenvalue weighted by Crippen LogP contribution is -2.35. The number of nitrogens with zero attached hydrogens (tertiary/aromatic N) is 7. The summed E-state index contributed by atoms with van der Waals surface area (Å²) in [6.45, 7) is 0.441. The van der Waals surface area contributed by atoms with Gasteiger partial charge in [0.15, 0.2) is 5.82 Å². The number of amides is 1. The van der Waals surface area contributed by atoms with E-state index in [0.29, 0.717) is 25.9 Å². The molecule has 0 radical (unpaired) electrons. The Morgan fingerprint density at radius 3 is 2.60 bits per heavy atom. The molecule has 2 N–H and O–H groups in total. The van der Waals surface area contributed by atoms with Crippen molar-refractivity contribution < 1.29 is 36.4 Å². The van der Waals surface area contributed by atoms with Gasteiger partial charge in [-0.25, -0.2) is 18.7 Å². The van der Waals surface area contributed by atoms with E-state index in [2.05, 4.69) is 29.9 Å². The maximum atomic E-state index is 15.2. The summed E-state index contributed by atoms with van der Waals surface area (Å²) < 4.78 is 74.3. The van der Waals surface area contributed by atoms with Gasteiger partial charge in [-0.2, -0.15) is 18.2 Å². The van der Waals surface area contributed by atoms with Crippen molar-refractivity contribution in [2.75, 3.05) is 43.5 Å². The molecular weight excluding hydrogens is 543 g/mol. The highest BCUT2D eigenvalue weighted by Gasteiger charge is 2.39. The molecule has 0 unspecified atom stereocenters. The normalized spacial score (nSPS) is 14.6. The summed E-state index contributed by atoms with van der Waals surface area (Å²) >= 11 is 0. The smallest absolute Gasteiger partial charge is 0.395 e. The Labute approximate surface area is 223 Å². The highest BCUT2D eigenvalue weighted by Crippen LogP contribution is 2.34. The van der Waals surface area contributed by atoms with Crippen LogP contribution in [0.25, 0.3) is 11.0 Å². The van der Waals surface area contributed by atoms with Gasteiger partial charge in [-0.1, -0.05) is 0 Å². The first kappa shape index (κ1) is 27.2. The topological polar surface area (TPSA) is 125 Å². The van der Waals surface area contributed by atoms with E-state index in [1.54, 1.807) is 9.47 Å². The lowest BCUT2D eigenvalue weighted by atomic mass is 10.1. The molecule has 5 rings (SSSR count). The van der Waals surface area contributed by atoms with Gasteiger partial charge in [0.25, 0.3) is 11.9 Å². The fourth-order valence-corrected chi connectivity index (χ4v) is 4.57. The number of piperidine rings is 1. The summed E-state index contributed by atoms with van der Waals surface area (Å²) in [4.78, 5) is 26.9. The lowest BCUT2D eigenvalue weighted by Gasteiger charge is -2.31. The number of carbonyl (C=O) groups excluding carboxylic acids is 1. The average molecular weight is 566 g/mol. The molecule has 1 saturated heterocycles. The molecule has 3 aromatic heterocycles. The van der Waals surface area contributed by atoms with Crippen molar-refractivity contribution in [1.82, 2.24) is 29.6 Å². The van der Waals surface area contributed by atoms with Crippen LogP contribution in [0.4, 0.5) is 39.4 Å². The maximum Gasteiger partial charge on any atom is 0.471 e. The zero-order chi connectivity index (χ0) is 28.6. The van der Waals surface area contributed by atoms with Gasteiger partial charge in [-0.15, -0.1) is 0 Å². The van der Waals surface area contributed by atoms with Crippen molar-refractivity contribution >= 4 is 34.4 Å². The van der Waals surface area contributed by atoms with Crippen LogP contribution in [-0.4, -0.2) is 73.9 Å². The Morgan fingerprint density at radius 1 is 1.20 bits per heavy atom. The Hall–Kier alpha value is -4.34. The number of hydrogen-bond acceptors (Lipinski definition) is 9. The number of fused-ring (bicyclic) bond motifs is 1. The van der Waals surface area contributed by atoms with E-state index in [1.807, 2.05) is 0 Å². The summed E-state index contributed by atoms with van der Waals surface area (Å²) in [6, 6.07) is 3.53. The third-order valence-corrected chi connectivity index (χ3v) is 6.61. The number of anilines is 3. The Morgan fingerprint density at radius 2 is 1.95 bits per heavy atom. The van der Waals surface area contributed by atoms with Crippen molar-refractivity contribution in [3.05, 3.63) is 53.8 Å². The summed E-state index contributed by atoms with van der Waals surface area (Å²) in [6.07, 6.45) is -1.42. The van der Waals surface area contributed by atoms with Crippen LogP contribution < -0.4 is 10.2 Å². The molecule has 4 aromatic rings. The molecule has 212 valence electrons. The number of carbonyl (C=O) groups is 1. The first-order valence-electron chi connectivity index (χ1n) is 12.2. The van der Waals surface area contributed by atoms with Crippen LogP contribution in [-0.2, 0) is 6.18 Å². The summed E-state index contributed by atoms with van der Waals surface area (Å²) in [5.41, 5.74) is 0.288. The second-order valence-electron chi connectivity index (χ2n) is 9.19. The third-order valence-electron chi connectivity index (χ3n) is 6.61. The molecule has 0 spiro atoms. The molecule has 0 bridgehead atoms. The summed E-state index contributed by atoms with van der Waals surface area (Å²) in [7, 11) is 1.48. The van der Waals surface area contributed by atoms with Gasteiger partial charge in [0, 0.05) is 44.5 Å². The van der Waals surface area contributed by atoms with Gasteiger partial charge < -0.3 is 29.3 Å². The number of aromatic nitrogens is 5. The minimum Gasteiger partial charge on any atom is -0.395 e. The van der Waals surface area contributed by atoms with Crippen LogP contribution in [0, 0.1) is 11.6 Å². The quantitative estimate of drug-likeness (QED) is 0.322. The Bertz CT molecular complexity index is 1530. The van der Waals surface area contributed by atoms with E-state index in [0.717, 1.165) is 6.07 Å². The average Bonchev–Trinajstić information content (AvgIpc) is 3.56. The number of aliphatic hydroxyl groups is 1. The molecule has 11 nitrogen and oxygen atoms in total. The SMILES string of the molecule is CN(CCO)C(=O)c1ccc(Nc2ncnc3c2c(F)cn3C2CCN(c3noc(C(F)(F)F)n3)CC2)c(F)c1. The highest BCUT2D eigenvalue weighted by atomic mass is 19.4. The fraction of sp³-hybridized carbons (Fsp3) is 0.375. The van der Waals surface area contributed by atoms with Crippen molar-refractivity contribution in [1.29, 1.82) is 0 Å². The van der Waals surface area contributed by atoms with Gasteiger partial charge in [-0.3, -0.25) is 4.79 Å². The van der Waals surface area contributed by atoms with Gasteiger partial charge in [0.05, 0.1) is 17.7 Å². The second-order valence-corrected chi connectivity index (χ2v) is 9.19. The van der Waals surface area contributed by atoms with E-state index < -0.39 is 29.6 Å². The van der Waals surface area contributed by atoms with Crippen molar-refractivity contribution in [3.63, 3.8) is 0 Å². The van der Waals surface area contributed by atoms with E-state index in [9.17, 15) is 22.4 Å². The van der Waals surface area contributed by atoms with Gasteiger partial charge in [0.2, 0.25) is 0 Å². The molecule has 16 heteroatoms. The number of rotatable bonds is 7. The monoisotopic (exact) mass is 566 g/mol. The van der Waals surface area contributed by atoms with Crippen LogP contribution >= 0.6 is 0 Å². The standard InChI is InChI=1S/C24H23F5N8O3/c1-35(8-9-38)21(39)13-2-3-17(15(25)10-13)32-19-18-16(26)11-37(20(18)31-12-30-19)14-4-6-36(7-5-14)23-33-22(40-34-23)24(27,28)29/h2-3,10-12,14,38H,4-9H2,1H3,(H,30,31,32). The van der Waals surface area contributed by atoms with E-state index >= 15 is 4.39 Å². The van der Waals surface area contributed by atoms with Gasteiger partial charge in [0.1, 0.15) is 23.6 Å². The number of alkyl halides is 3. The third kappa shape index (κ3) is 5.25. The predicted octanol–water partition coefficient (Wildman–Crippen LogP) is 3.76. The van der Waals surface area contributed by atoms with Crippen LogP contribution in [0.1, 0.15) is 35.1 Å². The highest BCUT2D eigenvalue weighted by molar-refractivity contribution is 5.95. The van der Waals surface area contributed by atoms with Gasteiger partial charge >= 0.3 is 12.1 Å². The molecule has 1 amide bonds. The largest absolute Gasteiger partial charge is 0.471 e. The fourth-order valence-electron chi connectivity index (χ4n) is 4.57. The first-order valence-corrected chi connectivity index (χ1v) is 12.2. The van der Waals surface area contributed by atoms with Crippen molar-refractivity contribution in [2.24, 2.45) is 0 Å². The summed E-state index contributed by atoms with van der Waals surface area (Å²) in [5, 5.41) is 15.2. The van der Waals surface area contributed by atoms with E-state index in [4.69, 9.17) is 5.11 Å². The molecule has 1 aliphatic rings. The lowest BCUT2D eigenvalue weighted by molar-refractivity contribution is -0.159. The number of hydrogen-bond donors (Lipinski definition) is 2. The minimum atomic E-state index is -4.74. The molecule has 1 aliphatic heterocycles. The number of halogens is 5. The maximum absolute atomic E-state index is 15.2. The van der Waals surface area contributed by atoms with Crippen LogP contribution in [0.15, 0.2) is 35.2 Å². The number of aliphatic hydroxyl groups excluding tert-OH is 1. The second kappa shape index (κ2) is 10.7. The minimum absolute atomic E-state index is 0.0144. The molecule has 0 atom stereocenters. The molecule has 0 saturated carbocycles. The molecule has 4 heterocycles. The molecule has 0 aliphatic carbocycles. The molecule has 1 fully saturated rings. The van der Waals surface area contributed by atoms with Crippen molar-refractivity contribution in [3.8, 4) is 0 Å². The number of benzene rings is 1. The van der Waals surface area contributed by atoms with Gasteiger partial charge in [-0.05, 0) is 36.2 Å². The van der Waals surface area contributed by atoms with E-state index in [-0.39, 0.29) is 53.2 Å². The first-order chi connectivity index (χ1) is 19.1. The molecular formula is C24H23F5N8O3. The Balaban J connectivity index is 1.33. The molecule has 40 heavy (non-hydrogen) atoms. The summed E-state index contributed by atoms with van der Waals surface area (Å²) in [5.74, 6) is -3.47. The predicted molar refractivity (Wildman–Crippen MR) is 131 cm³/mol. The van der Waals surface area contributed by atoms with Crippen LogP contribution in [0.2, 0.25) is 0 Å². The zero-order valence-electron chi connectivity index (χ0n) is 21.0. The van der Waals surface area contributed by atoms with Crippen LogP contribution in [0.3, 0.4) is 0 Å². The number of nitrogens with one attached hydrogen (secondary N) is 1. The van der Waals surface area contributed by atoms with Crippen molar-refractivity contribution in [2.45, 2.75) is 25.1 Å². The molecule has 1 aromatic carbocycles. The Kier molecular flexibility index (Phi) is 7.27. The zero-order valence-corrected chi connectivity index (χ0v) is 21.0.